The maximum atomic E-state index is 5.30. The van der Waals surface area contributed by atoms with E-state index >= 15 is 0 Å². The van der Waals surface area contributed by atoms with Crippen molar-refractivity contribution in [1.82, 2.24) is 24.9 Å². The first kappa shape index (κ1) is 36.0. The second kappa shape index (κ2) is 15.2. The summed E-state index contributed by atoms with van der Waals surface area (Å²) >= 11 is 0. The predicted octanol–water partition coefficient (Wildman–Crippen LogP) is 14.1. The van der Waals surface area contributed by atoms with Gasteiger partial charge in [0.05, 0.1) is 33.8 Å². The average Bonchev–Trinajstić information content (AvgIpc) is 3.34. The summed E-state index contributed by atoms with van der Waals surface area (Å²) in [5.41, 5.74) is 16.1. The predicted molar refractivity (Wildman–Crippen MR) is 251 cm³/mol. The van der Waals surface area contributed by atoms with E-state index in [1.165, 1.54) is 5.39 Å². The molecule has 0 aliphatic heterocycles. The van der Waals surface area contributed by atoms with Crippen molar-refractivity contribution in [2.75, 3.05) is 0 Å². The third-order valence-corrected chi connectivity index (χ3v) is 11.5. The number of hydrogen-bond donors (Lipinski definition) is 0. The van der Waals surface area contributed by atoms with Crippen molar-refractivity contribution in [2.45, 2.75) is 6.92 Å². The van der Waals surface area contributed by atoms with Gasteiger partial charge in [-0.3, -0.25) is 4.98 Å². The molecule has 0 spiro atoms. The molecular formula is C56H37N5. The number of rotatable bonds is 7. The molecule has 0 aliphatic carbocycles. The molecule has 0 aliphatic rings. The molecule has 5 nitrogen and oxygen atoms in total. The van der Waals surface area contributed by atoms with Crippen LogP contribution >= 0.6 is 0 Å². The lowest BCUT2D eigenvalue weighted by atomic mass is 9.96. The summed E-state index contributed by atoms with van der Waals surface area (Å²) in [5.74, 6) is 0.664. The fourth-order valence-electron chi connectivity index (χ4n) is 8.36. The molecule has 0 radical (unpaired) electrons. The van der Waals surface area contributed by atoms with E-state index in [9.17, 15) is 0 Å². The molecule has 61 heavy (non-hydrogen) atoms. The van der Waals surface area contributed by atoms with Crippen molar-refractivity contribution in [1.29, 1.82) is 0 Å². The maximum absolute atomic E-state index is 5.30. The van der Waals surface area contributed by atoms with Crippen molar-refractivity contribution in [3.8, 4) is 78.7 Å². The van der Waals surface area contributed by atoms with Crippen molar-refractivity contribution in [3.63, 3.8) is 0 Å². The van der Waals surface area contributed by atoms with Crippen molar-refractivity contribution >= 4 is 32.6 Å². The molecule has 11 rings (SSSR count). The minimum Gasteiger partial charge on any atom is -0.264 e. The molecule has 0 unspecified atom stereocenters. The lowest BCUT2D eigenvalue weighted by molar-refractivity contribution is 1.18. The first-order valence-corrected chi connectivity index (χ1v) is 20.5. The largest absolute Gasteiger partial charge is 0.264 e. The highest BCUT2D eigenvalue weighted by Gasteiger charge is 2.15. The Kier molecular flexibility index (Phi) is 8.98. The first-order valence-electron chi connectivity index (χ1n) is 20.5. The molecule has 0 amide bonds. The molecule has 0 saturated heterocycles. The summed E-state index contributed by atoms with van der Waals surface area (Å²) in [5, 5.41) is 4.45. The van der Waals surface area contributed by atoms with Crippen LogP contribution < -0.4 is 0 Å². The standard InChI is InChI=1S/C56H37N5/c1-36-30-51(59-55-47(36)26-24-39-25-27-50(58-54(39)55)37-12-4-2-5-13-37)43-19-8-16-40(31-43)41-17-9-21-45(32-41)56-60-52(38-14-6-3-7-15-38)34-53(61-56)44-20-10-18-42(33-44)48-23-11-22-46-35-57-29-28-49(46)48/h2-35H,1H3. The maximum Gasteiger partial charge on any atom is 0.160 e. The van der Waals surface area contributed by atoms with E-state index in [0.717, 1.165) is 106 Å². The minimum atomic E-state index is 0.664. The van der Waals surface area contributed by atoms with Crippen LogP contribution in [0.15, 0.2) is 207 Å². The summed E-state index contributed by atoms with van der Waals surface area (Å²) in [7, 11) is 0. The van der Waals surface area contributed by atoms with E-state index in [0.29, 0.717) is 5.82 Å². The Morgan fingerprint density at radius 1 is 0.328 bits per heavy atom. The van der Waals surface area contributed by atoms with Gasteiger partial charge in [-0.2, -0.15) is 0 Å². The average molecular weight is 780 g/mol. The van der Waals surface area contributed by atoms with Gasteiger partial charge in [-0.05, 0) is 82.6 Å². The SMILES string of the molecule is Cc1cc(-c2cccc(-c3cccc(-c4nc(-c5ccccc5)cc(-c5cccc(-c6cccc7cnccc67)c5)n4)c3)c2)nc2c1ccc1ccc(-c3ccccc3)nc12. The number of pyridine rings is 3. The van der Waals surface area contributed by atoms with E-state index in [1.54, 1.807) is 0 Å². The topological polar surface area (TPSA) is 64.5 Å². The Balaban J connectivity index is 0.986. The highest BCUT2D eigenvalue weighted by molar-refractivity contribution is 6.05. The molecular weight excluding hydrogens is 743 g/mol. The molecule has 286 valence electrons. The zero-order chi connectivity index (χ0) is 40.7. The van der Waals surface area contributed by atoms with Crippen LogP contribution in [0.25, 0.3) is 111 Å². The van der Waals surface area contributed by atoms with E-state index in [1.807, 2.05) is 48.8 Å². The summed E-state index contributed by atoms with van der Waals surface area (Å²) in [6.45, 7) is 2.16. The van der Waals surface area contributed by atoms with Crippen LogP contribution in [0.5, 0.6) is 0 Å². The third kappa shape index (κ3) is 6.88. The Morgan fingerprint density at radius 3 is 1.64 bits per heavy atom. The number of aryl methyl sites for hydroxylation is 1. The van der Waals surface area contributed by atoms with Gasteiger partial charge in [-0.15, -0.1) is 0 Å². The van der Waals surface area contributed by atoms with Crippen LogP contribution in [-0.2, 0) is 0 Å². The monoisotopic (exact) mass is 779 g/mol. The number of nitrogens with zero attached hydrogens (tertiary/aromatic N) is 5. The molecule has 11 aromatic rings. The van der Waals surface area contributed by atoms with E-state index < -0.39 is 0 Å². The van der Waals surface area contributed by atoms with Crippen molar-refractivity contribution in [3.05, 3.63) is 212 Å². The fraction of sp³-hybridized carbons (Fsp3) is 0.0179. The van der Waals surface area contributed by atoms with Gasteiger partial charge >= 0.3 is 0 Å². The highest BCUT2D eigenvalue weighted by atomic mass is 14.9. The fourth-order valence-corrected chi connectivity index (χ4v) is 8.36. The molecule has 4 heterocycles. The quantitative estimate of drug-likeness (QED) is 0.151. The van der Waals surface area contributed by atoms with Crippen molar-refractivity contribution in [2.24, 2.45) is 0 Å². The Hall–Kier alpha value is -8.15. The van der Waals surface area contributed by atoms with Crippen LogP contribution in [0.3, 0.4) is 0 Å². The molecule has 0 fully saturated rings. The molecule has 0 N–H and O–H groups in total. The van der Waals surface area contributed by atoms with Crippen LogP contribution in [0.2, 0.25) is 0 Å². The normalized spacial score (nSPS) is 11.4. The van der Waals surface area contributed by atoms with Gasteiger partial charge in [-0.25, -0.2) is 19.9 Å². The third-order valence-electron chi connectivity index (χ3n) is 11.5. The summed E-state index contributed by atoms with van der Waals surface area (Å²) in [6.07, 6.45) is 3.77. The lowest BCUT2D eigenvalue weighted by Gasteiger charge is -2.13. The Morgan fingerprint density at radius 2 is 0.885 bits per heavy atom. The zero-order valence-electron chi connectivity index (χ0n) is 33.4. The second-order valence-electron chi connectivity index (χ2n) is 15.4. The van der Waals surface area contributed by atoms with E-state index in [-0.39, 0.29) is 0 Å². The van der Waals surface area contributed by atoms with Crippen LogP contribution in [0, 0.1) is 6.92 Å². The van der Waals surface area contributed by atoms with Gasteiger partial charge in [0.1, 0.15) is 0 Å². The number of aromatic nitrogens is 5. The van der Waals surface area contributed by atoms with E-state index in [2.05, 4.69) is 170 Å². The van der Waals surface area contributed by atoms with Crippen LogP contribution in [0.4, 0.5) is 0 Å². The summed E-state index contributed by atoms with van der Waals surface area (Å²) < 4.78 is 0. The van der Waals surface area contributed by atoms with Gasteiger partial charge < -0.3 is 0 Å². The molecule has 7 aromatic carbocycles. The zero-order valence-corrected chi connectivity index (χ0v) is 33.4. The minimum absolute atomic E-state index is 0.664. The number of hydrogen-bond acceptors (Lipinski definition) is 5. The van der Waals surface area contributed by atoms with Gasteiger partial charge in [0.15, 0.2) is 5.82 Å². The van der Waals surface area contributed by atoms with Crippen LogP contribution in [-0.4, -0.2) is 24.9 Å². The molecule has 5 heteroatoms. The van der Waals surface area contributed by atoms with Gasteiger partial charge in [0.25, 0.3) is 0 Å². The summed E-state index contributed by atoms with van der Waals surface area (Å²) in [4.78, 5) is 25.2. The molecule has 0 saturated carbocycles. The Labute approximate surface area is 353 Å². The smallest absolute Gasteiger partial charge is 0.160 e. The Bertz CT molecular complexity index is 3430. The van der Waals surface area contributed by atoms with E-state index in [4.69, 9.17) is 19.9 Å². The lowest BCUT2D eigenvalue weighted by Crippen LogP contribution is -1.96. The van der Waals surface area contributed by atoms with Gasteiger partial charge in [0.2, 0.25) is 0 Å². The first-order chi connectivity index (χ1) is 30.1. The molecule has 4 aromatic heterocycles. The molecule has 0 bridgehead atoms. The summed E-state index contributed by atoms with van der Waals surface area (Å²) in [6, 6.07) is 67.7. The second-order valence-corrected chi connectivity index (χ2v) is 15.4. The molecule has 0 atom stereocenters. The van der Waals surface area contributed by atoms with Gasteiger partial charge in [0, 0.05) is 56.4 Å². The van der Waals surface area contributed by atoms with Gasteiger partial charge in [-0.1, -0.05) is 152 Å². The van der Waals surface area contributed by atoms with Crippen LogP contribution in [0.1, 0.15) is 5.56 Å². The van der Waals surface area contributed by atoms with Crippen molar-refractivity contribution < 1.29 is 0 Å². The number of fused-ring (bicyclic) bond motifs is 4. The number of benzene rings is 7. The highest BCUT2D eigenvalue weighted by Crippen LogP contribution is 2.36.